The number of halogens is 1. The Morgan fingerprint density at radius 3 is 3.07 bits per heavy atom. The molecule has 0 bridgehead atoms. The predicted octanol–water partition coefficient (Wildman–Crippen LogP) is 4.83. The molecule has 0 saturated carbocycles. The molecule has 4 rings (SSSR count). The molecule has 1 amide bonds. The van der Waals surface area contributed by atoms with Gasteiger partial charge in [-0.05, 0) is 35.9 Å². The Morgan fingerprint density at radius 2 is 2.26 bits per heavy atom. The van der Waals surface area contributed by atoms with E-state index in [1.165, 1.54) is 10.4 Å². The molecule has 1 aliphatic heterocycles. The van der Waals surface area contributed by atoms with Crippen LogP contribution in [-0.2, 0) is 17.8 Å². The van der Waals surface area contributed by atoms with Gasteiger partial charge >= 0.3 is 0 Å². The highest BCUT2D eigenvalue weighted by Crippen LogP contribution is 2.29. The fourth-order valence-corrected chi connectivity index (χ4v) is 4.60. The van der Waals surface area contributed by atoms with Crippen molar-refractivity contribution in [3.63, 3.8) is 0 Å². The van der Waals surface area contributed by atoms with Gasteiger partial charge in [0.25, 0.3) is 0 Å². The molecule has 0 fully saturated rings. The highest BCUT2D eigenvalue weighted by molar-refractivity contribution is 7.10. The number of thiophene rings is 1. The van der Waals surface area contributed by atoms with Crippen LogP contribution in [0.25, 0.3) is 11.3 Å². The number of anilines is 1. The zero-order chi connectivity index (χ0) is 18.8. The molecule has 27 heavy (non-hydrogen) atoms. The first-order valence-corrected chi connectivity index (χ1v) is 10.2. The molecule has 7 heteroatoms. The van der Waals surface area contributed by atoms with E-state index in [1.807, 2.05) is 25.1 Å². The van der Waals surface area contributed by atoms with Gasteiger partial charge in [0.05, 0.1) is 11.1 Å². The molecule has 5 nitrogen and oxygen atoms in total. The molecule has 1 atom stereocenters. The second-order valence-corrected chi connectivity index (χ2v) is 7.97. The van der Waals surface area contributed by atoms with Crippen LogP contribution in [0.2, 0.25) is 5.02 Å². The lowest BCUT2D eigenvalue weighted by molar-refractivity contribution is -0.121. The largest absolute Gasteiger partial charge is 0.338 e. The number of nitrogens with zero attached hydrogens (tertiary/aromatic N) is 2. The summed E-state index contributed by atoms with van der Waals surface area (Å²) in [6.07, 6.45) is 1.73. The normalized spacial score (nSPS) is 15.3. The summed E-state index contributed by atoms with van der Waals surface area (Å²) in [5, 5.41) is 9.62. The number of benzene rings is 1. The number of carbonyl (C=O) groups excluding carboxylic acids is 1. The molecule has 1 aromatic carbocycles. The molecular formula is C20H20ClN3O2S. The van der Waals surface area contributed by atoms with Gasteiger partial charge in [-0.3, -0.25) is 15.0 Å². The Morgan fingerprint density at radius 1 is 1.41 bits per heavy atom. The number of amides is 1. The van der Waals surface area contributed by atoms with E-state index < -0.39 is 0 Å². The van der Waals surface area contributed by atoms with Crippen LogP contribution in [-0.4, -0.2) is 28.6 Å². The fraction of sp³-hybridized carbons (Fsp3) is 0.300. The molecule has 3 heterocycles. The van der Waals surface area contributed by atoms with Crippen molar-refractivity contribution in [1.29, 1.82) is 0 Å². The summed E-state index contributed by atoms with van der Waals surface area (Å²) >= 11 is 8.00. The number of aromatic nitrogens is 1. The van der Waals surface area contributed by atoms with Crippen LogP contribution < -0.4 is 5.32 Å². The van der Waals surface area contributed by atoms with E-state index in [2.05, 4.69) is 26.8 Å². The van der Waals surface area contributed by atoms with E-state index in [4.69, 9.17) is 16.1 Å². The lowest BCUT2D eigenvalue weighted by Gasteiger charge is -2.32. The summed E-state index contributed by atoms with van der Waals surface area (Å²) < 4.78 is 5.31. The minimum Gasteiger partial charge on any atom is -0.338 e. The van der Waals surface area contributed by atoms with Gasteiger partial charge in [-0.25, -0.2) is 0 Å². The minimum atomic E-state index is -0.202. The smallest absolute Gasteiger partial charge is 0.244 e. The SMILES string of the molecule is CCC(C(=O)Nc1cc(-c2ccccc2Cl)no1)N1CCc2sccc2C1. The zero-order valence-corrected chi connectivity index (χ0v) is 16.5. The maximum absolute atomic E-state index is 12.8. The number of hydrogen-bond acceptors (Lipinski definition) is 5. The molecule has 1 aliphatic rings. The predicted molar refractivity (Wildman–Crippen MR) is 108 cm³/mol. The highest BCUT2D eigenvalue weighted by Gasteiger charge is 2.28. The van der Waals surface area contributed by atoms with Crippen molar-refractivity contribution in [1.82, 2.24) is 10.1 Å². The van der Waals surface area contributed by atoms with E-state index in [0.717, 1.165) is 31.5 Å². The van der Waals surface area contributed by atoms with Gasteiger partial charge in [0.15, 0.2) is 0 Å². The number of nitrogens with one attached hydrogen (secondary N) is 1. The van der Waals surface area contributed by atoms with Crippen LogP contribution in [0.15, 0.2) is 46.3 Å². The average Bonchev–Trinajstić information content (AvgIpc) is 3.31. The first-order valence-electron chi connectivity index (χ1n) is 8.97. The number of rotatable bonds is 5. The molecule has 3 aromatic rings. The van der Waals surface area contributed by atoms with Gasteiger partial charge in [0.1, 0.15) is 5.69 Å². The van der Waals surface area contributed by atoms with Crippen molar-refractivity contribution in [2.45, 2.75) is 32.4 Å². The maximum atomic E-state index is 12.8. The number of fused-ring (bicyclic) bond motifs is 1. The van der Waals surface area contributed by atoms with Crippen LogP contribution in [0.3, 0.4) is 0 Å². The number of carbonyl (C=O) groups is 1. The summed E-state index contributed by atoms with van der Waals surface area (Å²) in [7, 11) is 0. The summed E-state index contributed by atoms with van der Waals surface area (Å²) in [6, 6.07) is 11.1. The van der Waals surface area contributed by atoms with E-state index in [9.17, 15) is 4.79 Å². The second-order valence-electron chi connectivity index (χ2n) is 6.56. The topological polar surface area (TPSA) is 58.4 Å². The molecule has 0 radical (unpaired) electrons. The van der Waals surface area contributed by atoms with Crippen molar-refractivity contribution in [2.24, 2.45) is 0 Å². The van der Waals surface area contributed by atoms with Gasteiger partial charge in [0.2, 0.25) is 11.8 Å². The third kappa shape index (κ3) is 3.78. The summed E-state index contributed by atoms with van der Waals surface area (Å²) in [5.41, 5.74) is 2.71. The van der Waals surface area contributed by atoms with E-state index in [0.29, 0.717) is 16.6 Å². The fourth-order valence-electron chi connectivity index (χ4n) is 3.48. The van der Waals surface area contributed by atoms with Crippen LogP contribution >= 0.6 is 22.9 Å². The first-order chi connectivity index (χ1) is 13.2. The third-order valence-corrected chi connectivity index (χ3v) is 6.23. The summed E-state index contributed by atoms with van der Waals surface area (Å²) in [6.45, 7) is 3.73. The van der Waals surface area contributed by atoms with E-state index in [1.54, 1.807) is 23.5 Å². The van der Waals surface area contributed by atoms with Crippen LogP contribution in [0.4, 0.5) is 5.88 Å². The van der Waals surface area contributed by atoms with Gasteiger partial charge < -0.3 is 4.52 Å². The lowest BCUT2D eigenvalue weighted by Crippen LogP contribution is -2.45. The molecule has 140 valence electrons. The molecule has 1 unspecified atom stereocenters. The van der Waals surface area contributed by atoms with Crippen molar-refractivity contribution >= 4 is 34.7 Å². The second kappa shape index (κ2) is 7.84. The molecular weight excluding hydrogens is 382 g/mol. The lowest BCUT2D eigenvalue weighted by atomic mass is 10.1. The van der Waals surface area contributed by atoms with Gasteiger partial charge in [-0.1, -0.05) is 41.9 Å². The molecule has 1 N–H and O–H groups in total. The molecule has 0 saturated heterocycles. The van der Waals surface area contributed by atoms with E-state index in [-0.39, 0.29) is 11.9 Å². The van der Waals surface area contributed by atoms with E-state index >= 15 is 0 Å². The quantitative estimate of drug-likeness (QED) is 0.665. The van der Waals surface area contributed by atoms with Crippen LogP contribution in [0, 0.1) is 0 Å². The van der Waals surface area contributed by atoms with Gasteiger partial charge in [-0.15, -0.1) is 11.3 Å². The monoisotopic (exact) mass is 401 g/mol. The molecule has 0 spiro atoms. The Balaban J connectivity index is 1.46. The Hall–Kier alpha value is -2.15. The summed E-state index contributed by atoms with van der Waals surface area (Å²) in [5.74, 6) is 0.264. The van der Waals surface area contributed by atoms with Gasteiger partial charge in [-0.2, -0.15) is 0 Å². The maximum Gasteiger partial charge on any atom is 0.244 e. The van der Waals surface area contributed by atoms with Crippen LogP contribution in [0.5, 0.6) is 0 Å². The third-order valence-electron chi connectivity index (χ3n) is 4.87. The van der Waals surface area contributed by atoms with Crippen molar-refractivity contribution in [3.05, 3.63) is 57.2 Å². The highest BCUT2D eigenvalue weighted by atomic mass is 35.5. The number of hydrogen-bond donors (Lipinski definition) is 1. The van der Waals surface area contributed by atoms with Crippen LogP contribution in [0.1, 0.15) is 23.8 Å². The molecule has 2 aromatic heterocycles. The Labute approximate surface area is 166 Å². The Kier molecular flexibility index (Phi) is 5.29. The Bertz CT molecular complexity index is 952. The van der Waals surface area contributed by atoms with Gasteiger partial charge in [0, 0.05) is 29.6 Å². The standard InChI is InChI=1S/C20H20ClN3O2S/c1-2-17(24-9-7-18-13(12-24)8-10-27-18)20(25)22-19-11-16(23-26-19)14-5-3-4-6-15(14)21/h3-6,8,10-11,17H,2,7,9,12H2,1H3,(H,22,25). The average molecular weight is 402 g/mol. The zero-order valence-electron chi connectivity index (χ0n) is 14.9. The van der Waals surface area contributed by atoms with Crippen molar-refractivity contribution in [2.75, 3.05) is 11.9 Å². The molecule has 0 aliphatic carbocycles. The minimum absolute atomic E-state index is 0.0713. The van der Waals surface area contributed by atoms with Crippen molar-refractivity contribution in [3.8, 4) is 11.3 Å². The summed E-state index contributed by atoms with van der Waals surface area (Å²) in [4.78, 5) is 16.5. The van der Waals surface area contributed by atoms with Crippen molar-refractivity contribution < 1.29 is 9.32 Å². The first kappa shape index (κ1) is 18.2.